The molecule has 2 aromatic carbocycles. The van der Waals surface area contributed by atoms with Gasteiger partial charge in [0.05, 0.1) is 28.7 Å². The van der Waals surface area contributed by atoms with Crippen LogP contribution in [0.1, 0.15) is 5.82 Å². The van der Waals surface area contributed by atoms with Crippen molar-refractivity contribution in [3.63, 3.8) is 0 Å². The van der Waals surface area contributed by atoms with E-state index in [-0.39, 0.29) is 11.3 Å². The average Bonchev–Trinajstić information content (AvgIpc) is 2.56. The topological polar surface area (TPSA) is 70.1 Å². The Morgan fingerprint density at radius 2 is 2.12 bits per heavy atom. The number of methoxy groups -OCH3 is 1. The second-order valence-corrected chi connectivity index (χ2v) is 5.57. The summed E-state index contributed by atoms with van der Waals surface area (Å²) in [6, 6.07) is 9.26. The lowest BCUT2D eigenvalue weighted by Gasteiger charge is -2.14. The van der Waals surface area contributed by atoms with E-state index < -0.39 is 5.82 Å². The van der Waals surface area contributed by atoms with Crippen LogP contribution < -0.4 is 16.0 Å². The van der Waals surface area contributed by atoms with Crippen molar-refractivity contribution in [1.82, 2.24) is 9.55 Å². The van der Waals surface area contributed by atoms with Gasteiger partial charge >= 0.3 is 0 Å². The summed E-state index contributed by atoms with van der Waals surface area (Å²) in [4.78, 5) is 17.5. The summed E-state index contributed by atoms with van der Waals surface area (Å²) in [6.07, 6.45) is 0.386. The monoisotopic (exact) mass is 347 g/mol. The van der Waals surface area contributed by atoms with Gasteiger partial charge in [-0.25, -0.2) is 9.37 Å². The molecule has 0 aliphatic rings. The molecule has 24 heavy (non-hydrogen) atoms. The van der Waals surface area contributed by atoms with E-state index in [9.17, 15) is 9.18 Å². The highest BCUT2D eigenvalue weighted by Gasteiger charge is 2.16. The Morgan fingerprint density at radius 3 is 2.83 bits per heavy atom. The molecule has 7 heteroatoms. The van der Waals surface area contributed by atoms with Crippen LogP contribution in [0.3, 0.4) is 0 Å². The fourth-order valence-corrected chi connectivity index (χ4v) is 2.84. The first-order chi connectivity index (χ1) is 11.6. The SMILES string of the molecule is COc1cc(-n2c(CCN)nc3cccc(Cl)c3c2=O)ccc1F. The normalized spacial score (nSPS) is 11.0. The van der Waals surface area contributed by atoms with E-state index >= 15 is 0 Å². The third-order valence-electron chi connectivity index (χ3n) is 3.68. The van der Waals surface area contributed by atoms with Gasteiger partial charge in [0, 0.05) is 12.5 Å². The molecule has 0 radical (unpaired) electrons. The molecule has 0 bridgehead atoms. The first-order valence-corrected chi connectivity index (χ1v) is 7.68. The Balaban J connectivity index is 2.37. The van der Waals surface area contributed by atoms with Crippen LogP contribution in [-0.4, -0.2) is 23.2 Å². The summed E-state index contributed by atoms with van der Waals surface area (Å²) >= 11 is 6.17. The Labute approximate surface area is 142 Å². The van der Waals surface area contributed by atoms with Gasteiger partial charge in [0.25, 0.3) is 5.56 Å². The summed E-state index contributed by atoms with van der Waals surface area (Å²) in [5.41, 5.74) is 6.26. The molecule has 3 rings (SSSR count). The molecule has 124 valence electrons. The van der Waals surface area contributed by atoms with Gasteiger partial charge in [-0.15, -0.1) is 0 Å². The van der Waals surface area contributed by atoms with Crippen molar-refractivity contribution >= 4 is 22.5 Å². The second kappa shape index (κ2) is 6.59. The number of nitrogens with two attached hydrogens (primary N) is 1. The number of halogens is 2. The van der Waals surface area contributed by atoms with Gasteiger partial charge in [-0.3, -0.25) is 9.36 Å². The molecule has 1 aromatic heterocycles. The van der Waals surface area contributed by atoms with Crippen LogP contribution in [0, 0.1) is 5.82 Å². The molecule has 5 nitrogen and oxygen atoms in total. The number of fused-ring (bicyclic) bond motifs is 1. The maximum Gasteiger partial charge on any atom is 0.267 e. The summed E-state index contributed by atoms with van der Waals surface area (Å²) < 4.78 is 20.1. The minimum Gasteiger partial charge on any atom is -0.494 e. The van der Waals surface area contributed by atoms with Crippen LogP contribution in [0.25, 0.3) is 16.6 Å². The lowest BCUT2D eigenvalue weighted by molar-refractivity contribution is 0.386. The molecule has 0 saturated heterocycles. The molecule has 0 unspecified atom stereocenters. The zero-order valence-corrected chi connectivity index (χ0v) is 13.7. The van der Waals surface area contributed by atoms with Gasteiger partial charge in [0.15, 0.2) is 11.6 Å². The number of hydrogen-bond donors (Lipinski definition) is 1. The van der Waals surface area contributed by atoms with Gasteiger partial charge in [0.1, 0.15) is 5.82 Å². The van der Waals surface area contributed by atoms with E-state index in [1.165, 1.54) is 29.9 Å². The molecule has 1 heterocycles. The molecule has 2 N–H and O–H groups in total. The van der Waals surface area contributed by atoms with Crippen LogP contribution in [0.4, 0.5) is 4.39 Å². The van der Waals surface area contributed by atoms with Gasteiger partial charge in [0.2, 0.25) is 0 Å². The predicted octanol–water partition coefficient (Wildman–Crippen LogP) is 2.69. The zero-order valence-electron chi connectivity index (χ0n) is 12.9. The first kappa shape index (κ1) is 16.4. The van der Waals surface area contributed by atoms with Gasteiger partial charge in [-0.1, -0.05) is 17.7 Å². The number of rotatable bonds is 4. The standard InChI is InChI=1S/C17H15ClFN3O2/c1-24-14-9-10(5-6-12(14)19)22-15(7-8-20)21-13-4-2-3-11(18)16(13)17(22)23/h2-6,9H,7-8,20H2,1H3. The van der Waals surface area contributed by atoms with Crippen molar-refractivity contribution in [1.29, 1.82) is 0 Å². The molecule has 3 aromatic rings. The lowest BCUT2D eigenvalue weighted by atomic mass is 10.2. The van der Waals surface area contributed by atoms with Crippen molar-refractivity contribution in [2.75, 3.05) is 13.7 Å². The molecular weight excluding hydrogens is 333 g/mol. The van der Waals surface area contributed by atoms with Crippen LogP contribution in [0.2, 0.25) is 5.02 Å². The molecule has 0 saturated carbocycles. The fourth-order valence-electron chi connectivity index (χ4n) is 2.59. The van der Waals surface area contributed by atoms with Crippen LogP contribution in [-0.2, 0) is 6.42 Å². The molecule has 0 aliphatic heterocycles. The first-order valence-electron chi connectivity index (χ1n) is 7.31. The van der Waals surface area contributed by atoms with Crippen molar-refractivity contribution in [2.45, 2.75) is 6.42 Å². The van der Waals surface area contributed by atoms with E-state index in [0.717, 1.165) is 0 Å². The zero-order chi connectivity index (χ0) is 17.3. The van der Waals surface area contributed by atoms with Crippen molar-refractivity contribution < 1.29 is 9.13 Å². The molecular formula is C17H15ClFN3O2. The lowest BCUT2D eigenvalue weighted by Crippen LogP contribution is -2.25. The number of nitrogens with zero attached hydrogens (tertiary/aromatic N) is 2. The summed E-state index contributed by atoms with van der Waals surface area (Å²) in [5.74, 6) is 0.00439. The number of hydrogen-bond acceptors (Lipinski definition) is 4. The number of aromatic nitrogens is 2. The Kier molecular flexibility index (Phi) is 4.51. The highest BCUT2D eigenvalue weighted by atomic mass is 35.5. The minimum absolute atomic E-state index is 0.0392. The largest absolute Gasteiger partial charge is 0.494 e. The summed E-state index contributed by atoms with van der Waals surface area (Å²) in [5, 5.41) is 0.621. The van der Waals surface area contributed by atoms with E-state index in [0.29, 0.717) is 40.4 Å². The van der Waals surface area contributed by atoms with Crippen molar-refractivity contribution in [3.05, 3.63) is 63.4 Å². The number of benzene rings is 2. The highest BCUT2D eigenvalue weighted by molar-refractivity contribution is 6.35. The molecule has 0 amide bonds. The van der Waals surface area contributed by atoms with Crippen LogP contribution in [0.15, 0.2) is 41.2 Å². The van der Waals surface area contributed by atoms with Gasteiger partial charge < -0.3 is 10.5 Å². The van der Waals surface area contributed by atoms with E-state index in [1.54, 1.807) is 18.2 Å². The Bertz CT molecular complexity index is 972. The maximum absolute atomic E-state index is 13.7. The van der Waals surface area contributed by atoms with Crippen LogP contribution >= 0.6 is 11.6 Å². The molecule has 0 fully saturated rings. The highest BCUT2D eigenvalue weighted by Crippen LogP contribution is 2.23. The smallest absolute Gasteiger partial charge is 0.267 e. The Hall–Kier alpha value is -2.44. The fraction of sp³-hybridized carbons (Fsp3) is 0.176. The molecule has 0 spiro atoms. The van der Waals surface area contributed by atoms with E-state index in [4.69, 9.17) is 22.1 Å². The van der Waals surface area contributed by atoms with Gasteiger partial charge in [-0.05, 0) is 30.8 Å². The summed E-state index contributed by atoms with van der Waals surface area (Å²) in [6.45, 7) is 0.316. The van der Waals surface area contributed by atoms with Crippen molar-refractivity contribution in [2.24, 2.45) is 5.73 Å². The van der Waals surface area contributed by atoms with Crippen molar-refractivity contribution in [3.8, 4) is 11.4 Å². The van der Waals surface area contributed by atoms with E-state index in [1.807, 2.05) is 0 Å². The third-order valence-corrected chi connectivity index (χ3v) is 3.99. The van der Waals surface area contributed by atoms with Crippen LogP contribution in [0.5, 0.6) is 5.75 Å². The van der Waals surface area contributed by atoms with E-state index in [2.05, 4.69) is 4.98 Å². The second-order valence-electron chi connectivity index (χ2n) is 5.16. The summed E-state index contributed by atoms with van der Waals surface area (Å²) in [7, 11) is 1.36. The third kappa shape index (κ3) is 2.74. The predicted molar refractivity (Wildman–Crippen MR) is 91.6 cm³/mol. The quantitative estimate of drug-likeness (QED) is 0.787. The van der Waals surface area contributed by atoms with Gasteiger partial charge in [-0.2, -0.15) is 0 Å². The molecule has 0 atom stereocenters. The maximum atomic E-state index is 13.7. The number of ether oxygens (including phenoxy) is 1. The molecule has 0 aliphatic carbocycles. The Morgan fingerprint density at radius 1 is 1.33 bits per heavy atom. The average molecular weight is 348 g/mol. The minimum atomic E-state index is -0.513.